The van der Waals surface area contributed by atoms with Gasteiger partial charge < -0.3 is 58.5 Å². The summed E-state index contributed by atoms with van der Waals surface area (Å²) < 4.78 is 7.34. The number of nitrogens with zero attached hydrogens (tertiary/aromatic N) is 6. The molecule has 1 atom stereocenters. The number of aliphatic carboxylic acids is 1. The van der Waals surface area contributed by atoms with E-state index in [2.05, 4.69) is 84.9 Å². The number of aryl methyl sites for hydroxylation is 2. The van der Waals surface area contributed by atoms with Crippen LogP contribution in [0.1, 0.15) is 118 Å². The SMILES string of the molecule is CC1(C)C(C(=O)[O-])=Nc2ccccc21.CC1=Nc2cc3cccc(C(=O)[O-])c3cc2C1C.CC1=Nc2ccc3cc(C)ccc3c2C1(C)C.Cn1c(C(=O)[O-])cc2ccccc21.O=C([O-])c1nc2ccccc2o1.O=C([O-])c1nc2ccccc2s1. The van der Waals surface area contributed by atoms with Crippen molar-refractivity contribution in [2.45, 2.75) is 72.1 Å². The van der Waals surface area contributed by atoms with Gasteiger partial charge in [0.15, 0.2) is 5.58 Å². The molecule has 0 fully saturated rings. The van der Waals surface area contributed by atoms with Crippen molar-refractivity contribution in [3.63, 3.8) is 0 Å². The fourth-order valence-corrected chi connectivity index (χ4v) is 11.1. The molecule has 0 amide bonds. The largest absolute Gasteiger partial charge is 0.545 e. The number of hydrogen-bond acceptors (Lipinski definition) is 17. The average Bonchev–Trinajstić information content (AvgIpc) is 1.72. The Morgan fingerprint density at radius 2 is 1.21 bits per heavy atom. The van der Waals surface area contributed by atoms with Gasteiger partial charge in [0, 0.05) is 51.7 Å². The summed E-state index contributed by atoms with van der Waals surface area (Å²) >= 11 is 1.13. The third kappa shape index (κ3) is 12.3. The lowest BCUT2D eigenvalue weighted by molar-refractivity contribution is -0.294. The lowest BCUT2D eigenvalue weighted by atomic mass is 9.79. The van der Waals surface area contributed by atoms with Crippen LogP contribution in [-0.2, 0) is 22.7 Å². The number of aliphatic imine (C=N–C) groups is 3. The van der Waals surface area contributed by atoms with Crippen molar-refractivity contribution in [1.29, 1.82) is 0 Å². The van der Waals surface area contributed by atoms with Gasteiger partial charge in [-0.25, -0.2) is 9.97 Å². The van der Waals surface area contributed by atoms with Gasteiger partial charge in [-0.1, -0.05) is 143 Å². The molecule has 6 heterocycles. The number of carboxylic acids is 5. The molecule has 0 bridgehead atoms. The number of benzene rings is 8. The molecule has 8 aromatic carbocycles. The third-order valence-electron chi connectivity index (χ3n) is 15.3. The number of carboxylic acid groups (broad SMARTS) is 5. The second-order valence-electron chi connectivity index (χ2n) is 21.6. The predicted molar refractivity (Wildman–Crippen MR) is 325 cm³/mol. The normalized spacial score (nSPS) is 14.4. The van der Waals surface area contributed by atoms with E-state index in [9.17, 15) is 49.5 Å². The van der Waals surface area contributed by atoms with E-state index in [1.54, 1.807) is 60.1 Å². The second kappa shape index (κ2) is 24.4. The summed E-state index contributed by atoms with van der Waals surface area (Å²) in [5.74, 6) is -6.20. The minimum absolute atomic E-state index is 0.0381. The van der Waals surface area contributed by atoms with Crippen LogP contribution in [0, 0.1) is 6.92 Å². The molecule has 3 aliphatic rings. The van der Waals surface area contributed by atoms with Gasteiger partial charge in [-0.15, -0.1) is 11.3 Å². The molecule has 1 unspecified atom stereocenters. The zero-order chi connectivity index (χ0) is 61.9. The Balaban J connectivity index is 0.000000124. The Hall–Kier alpha value is -10.5. The van der Waals surface area contributed by atoms with Crippen molar-refractivity contribution < 1.29 is 53.9 Å². The smallest absolute Gasteiger partial charge is 0.243 e. The Morgan fingerprint density at radius 1 is 0.547 bits per heavy atom. The summed E-state index contributed by atoms with van der Waals surface area (Å²) in [5, 5.41) is 58.6. The highest BCUT2D eigenvalue weighted by Crippen LogP contribution is 2.45. The summed E-state index contributed by atoms with van der Waals surface area (Å²) in [7, 11) is 1.72. The van der Waals surface area contributed by atoms with Gasteiger partial charge in [0.25, 0.3) is 0 Å². The van der Waals surface area contributed by atoms with Crippen LogP contribution in [0.2, 0.25) is 0 Å². The Morgan fingerprint density at radius 3 is 1.87 bits per heavy atom. The number of thiazole rings is 1. The second-order valence-corrected chi connectivity index (χ2v) is 22.6. The number of hydrogen-bond donors (Lipinski definition) is 0. The number of aromatic carboxylic acids is 4. The monoisotopic (exact) mass is 1160 g/mol. The van der Waals surface area contributed by atoms with Gasteiger partial charge in [-0.3, -0.25) is 15.0 Å². The van der Waals surface area contributed by atoms with Crippen LogP contribution in [0.4, 0.5) is 17.1 Å². The molecule has 17 nitrogen and oxygen atoms in total. The highest BCUT2D eigenvalue weighted by atomic mass is 32.1. The number of fused-ring (bicyclic) bond motifs is 9. The quantitative estimate of drug-likeness (QED) is 0.156. The summed E-state index contributed by atoms with van der Waals surface area (Å²) in [4.78, 5) is 74.2. The number of para-hydroxylation sites is 5. The molecule has 0 radical (unpaired) electrons. The van der Waals surface area contributed by atoms with E-state index in [-0.39, 0.29) is 39.2 Å². The summed E-state index contributed by atoms with van der Waals surface area (Å²) in [6.07, 6.45) is 0. The average molecular weight is 1160 g/mol. The van der Waals surface area contributed by atoms with Gasteiger partial charge in [0.05, 0.1) is 56.6 Å². The molecule has 3 aromatic heterocycles. The van der Waals surface area contributed by atoms with E-state index in [0.717, 1.165) is 71.6 Å². The maximum atomic E-state index is 11.1. The first-order valence-corrected chi connectivity index (χ1v) is 27.9. The van der Waals surface area contributed by atoms with E-state index in [4.69, 9.17) is 9.41 Å². The van der Waals surface area contributed by atoms with Gasteiger partial charge in [-0.05, 0) is 120 Å². The van der Waals surface area contributed by atoms with Crippen LogP contribution in [-0.4, -0.2) is 61.5 Å². The highest BCUT2D eigenvalue weighted by molar-refractivity contribution is 7.20. The number of oxazole rings is 1. The van der Waals surface area contributed by atoms with Crippen LogP contribution in [0.3, 0.4) is 0 Å². The number of carbonyl (C=O) groups is 5. The minimum atomic E-state index is -1.40. The zero-order valence-electron chi connectivity index (χ0n) is 48.2. The van der Waals surface area contributed by atoms with Crippen LogP contribution < -0.4 is 25.5 Å². The fraction of sp³-hybridized carbons (Fsp3) is 0.176. The molecule has 0 saturated carbocycles. The number of aromatic nitrogens is 3. The molecule has 3 aliphatic heterocycles. The predicted octanol–water partition coefficient (Wildman–Crippen LogP) is 9.14. The first-order valence-electron chi connectivity index (χ1n) is 27.1. The molecule has 14 rings (SSSR count). The zero-order valence-corrected chi connectivity index (χ0v) is 49.1. The molecule has 0 N–H and O–H groups in total. The Bertz CT molecular complexity index is 4470. The molecule has 0 saturated heterocycles. The van der Waals surface area contributed by atoms with Crippen LogP contribution in [0.25, 0.3) is 53.8 Å². The Kier molecular flexibility index (Phi) is 17.1. The van der Waals surface area contributed by atoms with Crippen molar-refractivity contribution in [1.82, 2.24) is 14.5 Å². The minimum Gasteiger partial charge on any atom is -0.545 e. The van der Waals surface area contributed by atoms with E-state index in [1.165, 1.54) is 27.6 Å². The standard InChI is InChI=1S/C16H17N.C15H13NO2.C11H11NO2.C10H9NO2.C8H5NO3.C8H5NO2S/c1-10-5-7-13-12(9-10)6-8-14-15(13)16(3,4)11(2)17-14;1-8-9(2)16-14-6-10-4-3-5-11(15(17)18)13(10)7-12(8)14;1-11(2)7-5-3-4-6-8(7)12-9(11)10(13)14;1-11-8-5-3-2-4-7(8)6-9(11)10(12)13;2*10-8(11)7-9-5-3-1-2-4-6(5)12-7/h5-9H,1-4H3;3-8H,1-2H3,(H,17,18);3-6H,1-2H3,(H,13,14);2-6H,1H3,(H,12,13);2*1-4H,(H,10,11)/p-5. The number of carbonyl (C=O) groups excluding carboxylic acids is 5. The fourth-order valence-electron chi connectivity index (χ4n) is 10.3. The molecule has 86 heavy (non-hydrogen) atoms. The molecular formula is C68H55N6O11S-5. The Labute approximate surface area is 497 Å². The molecule has 11 aromatic rings. The van der Waals surface area contributed by atoms with Crippen LogP contribution >= 0.6 is 11.3 Å². The van der Waals surface area contributed by atoms with E-state index in [1.807, 2.05) is 106 Å². The molecule has 0 spiro atoms. The summed E-state index contributed by atoms with van der Waals surface area (Å²) in [6, 6.07) is 50.7. The van der Waals surface area contributed by atoms with Crippen LogP contribution in [0.5, 0.6) is 0 Å². The molecule has 18 heteroatoms. The maximum Gasteiger partial charge on any atom is 0.243 e. The van der Waals surface area contributed by atoms with Crippen molar-refractivity contribution in [3.05, 3.63) is 208 Å². The van der Waals surface area contributed by atoms with Gasteiger partial charge >= 0.3 is 0 Å². The molecular weight excluding hydrogens is 1110 g/mol. The lowest BCUT2D eigenvalue weighted by Gasteiger charge is -2.22. The molecule has 434 valence electrons. The summed E-state index contributed by atoms with van der Waals surface area (Å²) in [6.45, 7) is 16.5. The lowest BCUT2D eigenvalue weighted by Crippen LogP contribution is -2.41. The number of rotatable bonds is 5. The van der Waals surface area contributed by atoms with Gasteiger partial charge in [0.2, 0.25) is 5.89 Å². The van der Waals surface area contributed by atoms with Crippen molar-refractivity contribution in [2.24, 2.45) is 22.0 Å². The molecule has 0 aliphatic carbocycles. The van der Waals surface area contributed by atoms with Gasteiger partial charge in [0.1, 0.15) is 22.5 Å². The van der Waals surface area contributed by atoms with Crippen molar-refractivity contribution in [3.8, 4) is 0 Å². The van der Waals surface area contributed by atoms with Gasteiger partial charge in [-0.2, -0.15) is 0 Å². The van der Waals surface area contributed by atoms with Crippen LogP contribution in [0.15, 0.2) is 183 Å². The van der Waals surface area contributed by atoms with E-state index >= 15 is 0 Å². The van der Waals surface area contributed by atoms with E-state index < -0.39 is 35.3 Å². The first kappa shape index (κ1) is 60.1. The maximum absolute atomic E-state index is 11.1. The van der Waals surface area contributed by atoms with E-state index in [0.29, 0.717) is 16.6 Å². The van der Waals surface area contributed by atoms with Crippen molar-refractivity contribution >= 4 is 129 Å². The van der Waals surface area contributed by atoms with Crippen molar-refractivity contribution in [2.75, 3.05) is 0 Å². The summed E-state index contributed by atoms with van der Waals surface area (Å²) in [5.41, 5.74) is 12.5. The topological polar surface area (TPSA) is 282 Å². The third-order valence-corrected chi connectivity index (χ3v) is 16.3. The highest BCUT2D eigenvalue weighted by Gasteiger charge is 2.35. The first-order chi connectivity index (χ1) is 40.8.